The van der Waals surface area contributed by atoms with Crippen LogP contribution in [0.3, 0.4) is 0 Å². The van der Waals surface area contributed by atoms with Crippen LogP contribution in [0.1, 0.15) is 31.4 Å². The monoisotopic (exact) mass is 282 g/mol. The van der Waals surface area contributed by atoms with E-state index in [2.05, 4.69) is 4.72 Å². The molecule has 5 nitrogen and oxygen atoms in total. The lowest BCUT2D eigenvalue weighted by Gasteiger charge is -2.19. The van der Waals surface area contributed by atoms with Crippen LogP contribution in [0.2, 0.25) is 0 Å². The first-order valence-electron chi connectivity index (χ1n) is 6.28. The number of carbonyl (C=O) groups excluding carboxylic acids is 1. The Morgan fingerprint density at radius 1 is 1.32 bits per heavy atom. The van der Waals surface area contributed by atoms with Crippen LogP contribution in [0.15, 0.2) is 30.3 Å². The summed E-state index contributed by atoms with van der Waals surface area (Å²) in [7, 11) is -3.50. The lowest BCUT2D eigenvalue weighted by Crippen LogP contribution is -2.40. The predicted octanol–water partition coefficient (Wildman–Crippen LogP) is 0.931. The average Bonchev–Trinajstić information content (AvgIpc) is 3.22. The minimum atomic E-state index is -3.50. The predicted molar refractivity (Wildman–Crippen MR) is 72.6 cm³/mol. The Morgan fingerprint density at radius 2 is 1.89 bits per heavy atom. The van der Waals surface area contributed by atoms with Crippen molar-refractivity contribution >= 4 is 15.9 Å². The van der Waals surface area contributed by atoms with E-state index < -0.39 is 33.1 Å². The molecular formula is C13H18N2O3S. The number of benzene rings is 1. The fourth-order valence-corrected chi connectivity index (χ4v) is 3.21. The third-order valence-electron chi connectivity index (χ3n) is 3.34. The Labute approximate surface area is 113 Å². The highest BCUT2D eigenvalue weighted by atomic mass is 32.2. The van der Waals surface area contributed by atoms with Gasteiger partial charge in [-0.2, -0.15) is 0 Å². The van der Waals surface area contributed by atoms with Crippen LogP contribution in [-0.4, -0.2) is 19.6 Å². The second-order valence-corrected chi connectivity index (χ2v) is 6.90. The van der Waals surface area contributed by atoms with Gasteiger partial charge in [-0.05, 0) is 18.4 Å². The zero-order chi connectivity index (χ0) is 14.0. The molecule has 0 aromatic heterocycles. The number of carbonyl (C=O) groups is 1. The molecule has 104 valence electrons. The Bertz CT molecular complexity index is 553. The zero-order valence-electron chi connectivity index (χ0n) is 10.7. The number of rotatable bonds is 5. The Balaban J connectivity index is 2.03. The Kier molecular flexibility index (Phi) is 3.91. The number of hydrogen-bond acceptors (Lipinski definition) is 4. The molecule has 0 heterocycles. The minimum Gasteiger partial charge on any atom is -0.323 e. The summed E-state index contributed by atoms with van der Waals surface area (Å²) in [5, 5.41) is -0.406. The zero-order valence-corrected chi connectivity index (χ0v) is 11.6. The molecule has 0 radical (unpaired) electrons. The first-order valence-corrected chi connectivity index (χ1v) is 7.82. The van der Waals surface area contributed by atoms with E-state index in [1.807, 2.05) is 30.3 Å². The quantitative estimate of drug-likeness (QED) is 0.840. The van der Waals surface area contributed by atoms with Crippen molar-refractivity contribution in [3.05, 3.63) is 35.9 Å². The number of nitrogens with two attached hydrogens (primary N) is 1. The van der Waals surface area contributed by atoms with Gasteiger partial charge < -0.3 is 5.73 Å². The summed E-state index contributed by atoms with van der Waals surface area (Å²) < 4.78 is 25.5. The SMILES string of the molecule is CC(C(=O)NS(=O)(=O)C1CC1)C(N)c1ccccc1. The van der Waals surface area contributed by atoms with Crippen molar-refractivity contribution in [2.45, 2.75) is 31.1 Å². The molecule has 3 N–H and O–H groups in total. The van der Waals surface area contributed by atoms with E-state index in [1.54, 1.807) is 6.92 Å². The van der Waals surface area contributed by atoms with Crippen molar-refractivity contribution in [3.8, 4) is 0 Å². The molecule has 1 amide bonds. The standard InChI is InChI=1S/C13H18N2O3S/c1-9(12(14)10-5-3-2-4-6-10)13(16)15-19(17,18)11-7-8-11/h2-6,9,11-12H,7-8,14H2,1H3,(H,15,16). The summed E-state index contributed by atoms with van der Waals surface area (Å²) in [5.41, 5.74) is 6.81. The maximum Gasteiger partial charge on any atom is 0.238 e. The van der Waals surface area contributed by atoms with Crippen LogP contribution in [0.4, 0.5) is 0 Å². The maximum atomic E-state index is 11.9. The summed E-state index contributed by atoms with van der Waals surface area (Å²) in [6, 6.07) is 8.66. The molecule has 2 rings (SSSR count). The van der Waals surface area contributed by atoms with Gasteiger partial charge in [-0.15, -0.1) is 0 Å². The molecule has 1 saturated carbocycles. The third kappa shape index (κ3) is 3.33. The van der Waals surface area contributed by atoms with Crippen LogP contribution in [0.25, 0.3) is 0 Å². The summed E-state index contributed by atoms with van der Waals surface area (Å²) in [6.45, 7) is 1.63. The molecule has 1 aliphatic carbocycles. The molecule has 6 heteroatoms. The summed E-state index contributed by atoms with van der Waals surface area (Å²) >= 11 is 0. The van der Waals surface area contributed by atoms with E-state index in [0.29, 0.717) is 12.8 Å². The van der Waals surface area contributed by atoms with Crippen LogP contribution in [0, 0.1) is 5.92 Å². The molecule has 2 atom stereocenters. The highest BCUT2D eigenvalue weighted by Crippen LogP contribution is 2.28. The number of hydrogen-bond donors (Lipinski definition) is 2. The summed E-state index contributed by atoms with van der Waals surface area (Å²) in [5.74, 6) is -1.14. The molecule has 0 spiro atoms. The minimum absolute atomic E-state index is 0.406. The molecule has 1 aromatic carbocycles. The van der Waals surface area contributed by atoms with Gasteiger partial charge in [-0.25, -0.2) is 8.42 Å². The van der Waals surface area contributed by atoms with Crippen molar-refractivity contribution in [3.63, 3.8) is 0 Å². The fraction of sp³-hybridized carbons (Fsp3) is 0.462. The van der Waals surface area contributed by atoms with Gasteiger partial charge in [-0.3, -0.25) is 9.52 Å². The van der Waals surface area contributed by atoms with Crippen molar-refractivity contribution in [2.75, 3.05) is 0 Å². The molecule has 1 fully saturated rings. The van der Waals surface area contributed by atoms with Gasteiger partial charge in [0.2, 0.25) is 15.9 Å². The van der Waals surface area contributed by atoms with Gasteiger partial charge in [0.15, 0.2) is 0 Å². The van der Waals surface area contributed by atoms with E-state index in [0.717, 1.165) is 5.56 Å². The van der Waals surface area contributed by atoms with Crippen molar-refractivity contribution in [1.29, 1.82) is 0 Å². The molecular weight excluding hydrogens is 264 g/mol. The molecule has 0 bridgehead atoms. The third-order valence-corrected chi connectivity index (χ3v) is 5.18. The number of amides is 1. The first kappa shape index (κ1) is 14.0. The van der Waals surface area contributed by atoms with Gasteiger partial charge in [0.1, 0.15) is 0 Å². The molecule has 1 aromatic rings. The van der Waals surface area contributed by atoms with Gasteiger partial charge in [0.05, 0.1) is 11.2 Å². The lowest BCUT2D eigenvalue weighted by molar-refractivity contribution is -0.123. The van der Waals surface area contributed by atoms with Gasteiger partial charge in [-0.1, -0.05) is 37.3 Å². The molecule has 2 unspecified atom stereocenters. The van der Waals surface area contributed by atoms with E-state index in [1.165, 1.54) is 0 Å². The number of nitrogens with one attached hydrogen (secondary N) is 1. The van der Waals surface area contributed by atoms with E-state index in [-0.39, 0.29) is 0 Å². The Morgan fingerprint density at radius 3 is 2.42 bits per heavy atom. The van der Waals surface area contributed by atoms with E-state index in [9.17, 15) is 13.2 Å². The van der Waals surface area contributed by atoms with Gasteiger partial charge >= 0.3 is 0 Å². The smallest absolute Gasteiger partial charge is 0.238 e. The average molecular weight is 282 g/mol. The molecule has 1 aliphatic rings. The topological polar surface area (TPSA) is 89.3 Å². The summed E-state index contributed by atoms with van der Waals surface area (Å²) in [6.07, 6.45) is 1.25. The van der Waals surface area contributed by atoms with E-state index in [4.69, 9.17) is 5.73 Å². The highest BCUT2D eigenvalue weighted by Gasteiger charge is 2.38. The summed E-state index contributed by atoms with van der Waals surface area (Å²) in [4.78, 5) is 11.9. The van der Waals surface area contributed by atoms with Crippen molar-refractivity contribution in [1.82, 2.24) is 4.72 Å². The molecule has 19 heavy (non-hydrogen) atoms. The maximum absolute atomic E-state index is 11.9. The van der Waals surface area contributed by atoms with Gasteiger partial charge in [0.25, 0.3) is 0 Å². The van der Waals surface area contributed by atoms with Crippen molar-refractivity contribution < 1.29 is 13.2 Å². The first-order chi connectivity index (χ1) is 8.92. The highest BCUT2D eigenvalue weighted by molar-refractivity contribution is 7.90. The van der Waals surface area contributed by atoms with Crippen LogP contribution in [-0.2, 0) is 14.8 Å². The Hall–Kier alpha value is -1.40. The number of sulfonamides is 1. The second-order valence-electron chi connectivity index (χ2n) is 4.94. The van der Waals surface area contributed by atoms with Crippen molar-refractivity contribution in [2.24, 2.45) is 11.7 Å². The fourth-order valence-electron chi connectivity index (χ4n) is 1.82. The van der Waals surface area contributed by atoms with Crippen LogP contribution < -0.4 is 10.5 Å². The van der Waals surface area contributed by atoms with Gasteiger partial charge in [0, 0.05) is 6.04 Å². The lowest BCUT2D eigenvalue weighted by atomic mass is 9.95. The van der Waals surface area contributed by atoms with Crippen LogP contribution >= 0.6 is 0 Å². The normalized spacial score (nSPS) is 18.6. The van der Waals surface area contributed by atoms with Crippen LogP contribution in [0.5, 0.6) is 0 Å². The van der Waals surface area contributed by atoms with E-state index >= 15 is 0 Å². The molecule has 0 aliphatic heterocycles. The second kappa shape index (κ2) is 5.30. The molecule has 0 saturated heterocycles. The largest absolute Gasteiger partial charge is 0.323 e.